The zero-order valence-electron chi connectivity index (χ0n) is 27.5. The Hall–Kier alpha value is -6.79. The highest BCUT2D eigenvalue weighted by molar-refractivity contribution is 6.24. The summed E-state index contributed by atoms with van der Waals surface area (Å²) >= 11 is 0. The minimum atomic E-state index is 0.582. The van der Waals surface area contributed by atoms with Gasteiger partial charge in [0.05, 0.1) is 22.1 Å². The third-order valence-corrected chi connectivity index (χ3v) is 10.3. The van der Waals surface area contributed by atoms with Crippen LogP contribution in [0.3, 0.4) is 0 Å². The van der Waals surface area contributed by atoms with Crippen LogP contribution < -0.4 is 0 Å². The molecule has 0 saturated heterocycles. The summed E-state index contributed by atoms with van der Waals surface area (Å²) in [5.74, 6) is 2.89. The lowest BCUT2D eigenvalue weighted by atomic mass is 9.99. The maximum absolute atomic E-state index is 6.33. The summed E-state index contributed by atoms with van der Waals surface area (Å²) < 4.78 is 11.1. The van der Waals surface area contributed by atoms with Gasteiger partial charge in [0.2, 0.25) is 5.95 Å². The molecule has 240 valence electrons. The first-order valence-electron chi connectivity index (χ1n) is 17.3. The smallest absolute Gasteiger partial charge is 0.238 e. The highest BCUT2D eigenvalue weighted by atomic mass is 16.3. The Morgan fingerprint density at radius 1 is 0.451 bits per heavy atom. The standard InChI is InChI=1S/C45H29N5O/c1-3-13-28(14-4-1)43-46-44(29-15-5-2-6-16-29)48-45(47-43)50-38-21-11-8-18-32(38)35-25-24-34-31-17-7-10-20-37(31)49(41(34)42(35)50)30-23-26-40-36(27-30)33-19-9-12-22-39(33)51-40/h1-22,24-25,27H,23,26H2. The Bertz CT molecular complexity index is 2960. The van der Waals surface area contributed by atoms with E-state index >= 15 is 0 Å². The fourth-order valence-corrected chi connectivity index (χ4v) is 8.02. The molecule has 6 nitrogen and oxygen atoms in total. The summed E-state index contributed by atoms with van der Waals surface area (Å²) in [6.45, 7) is 0. The first kappa shape index (κ1) is 28.1. The summed E-state index contributed by atoms with van der Waals surface area (Å²) in [6, 6.07) is 50.6. The molecule has 1 aliphatic rings. The number of hydrogen-bond donors (Lipinski definition) is 0. The molecule has 0 atom stereocenters. The van der Waals surface area contributed by atoms with Crippen LogP contribution >= 0.6 is 0 Å². The van der Waals surface area contributed by atoms with Gasteiger partial charge >= 0.3 is 0 Å². The molecule has 4 heterocycles. The number of furan rings is 1. The number of benzene rings is 6. The average Bonchev–Trinajstić information content (AvgIpc) is 3.86. The lowest BCUT2D eigenvalue weighted by Crippen LogP contribution is -2.08. The minimum Gasteiger partial charge on any atom is -0.460 e. The number of para-hydroxylation sites is 3. The van der Waals surface area contributed by atoms with Crippen molar-refractivity contribution in [3.8, 4) is 28.7 Å². The number of aromatic nitrogens is 5. The second-order valence-corrected chi connectivity index (χ2v) is 13.1. The highest BCUT2D eigenvalue weighted by Gasteiger charge is 2.26. The number of fused-ring (bicyclic) bond motifs is 10. The second kappa shape index (κ2) is 10.9. The van der Waals surface area contributed by atoms with Gasteiger partial charge in [-0.15, -0.1) is 0 Å². The second-order valence-electron chi connectivity index (χ2n) is 13.1. The normalized spacial score (nSPS) is 13.1. The maximum atomic E-state index is 6.33. The van der Waals surface area contributed by atoms with E-state index in [-0.39, 0.29) is 0 Å². The van der Waals surface area contributed by atoms with E-state index in [0.29, 0.717) is 17.6 Å². The average molecular weight is 656 g/mol. The van der Waals surface area contributed by atoms with E-state index < -0.39 is 0 Å². The number of rotatable bonds is 4. The molecule has 0 aliphatic heterocycles. The molecule has 0 unspecified atom stereocenters. The quantitative estimate of drug-likeness (QED) is 0.189. The van der Waals surface area contributed by atoms with Gasteiger partial charge in [-0.05, 0) is 30.7 Å². The van der Waals surface area contributed by atoms with Crippen LogP contribution in [-0.2, 0) is 6.42 Å². The van der Waals surface area contributed by atoms with Crippen LogP contribution in [0.25, 0.3) is 95.1 Å². The predicted molar refractivity (Wildman–Crippen MR) is 207 cm³/mol. The molecule has 0 N–H and O–H groups in total. The van der Waals surface area contributed by atoms with Gasteiger partial charge in [-0.3, -0.25) is 4.57 Å². The van der Waals surface area contributed by atoms with E-state index in [9.17, 15) is 0 Å². The third-order valence-electron chi connectivity index (χ3n) is 10.3. The largest absolute Gasteiger partial charge is 0.460 e. The van der Waals surface area contributed by atoms with Gasteiger partial charge in [-0.2, -0.15) is 9.97 Å². The number of allylic oxidation sites excluding steroid dienone is 1. The van der Waals surface area contributed by atoms with E-state index in [2.05, 4.69) is 118 Å². The van der Waals surface area contributed by atoms with Crippen molar-refractivity contribution in [2.45, 2.75) is 12.8 Å². The van der Waals surface area contributed by atoms with Crippen LogP contribution in [0.1, 0.15) is 17.7 Å². The van der Waals surface area contributed by atoms with Gasteiger partial charge in [0, 0.05) is 55.7 Å². The van der Waals surface area contributed by atoms with Crippen LogP contribution in [0.15, 0.2) is 150 Å². The number of hydrogen-bond acceptors (Lipinski definition) is 4. The van der Waals surface area contributed by atoms with Crippen molar-refractivity contribution < 1.29 is 4.42 Å². The molecule has 10 aromatic rings. The Morgan fingerprint density at radius 3 is 1.63 bits per heavy atom. The fraction of sp³-hybridized carbons (Fsp3) is 0.0444. The fourth-order valence-electron chi connectivity index (χ4n) is 8.02. The van der Waals surface area contributed by atoms with Crippen LogP contribution in [0.5, 0.6) is 0 Å². The third kappa shape index (κ3) is 4.20. The van der Waals surface area contributed by atoms with Crippen LogP contribution in [0, 0.1) is 0 Å². The first-order valence-corrected chi connectivity index (χ1v) is 17.3. The Balaban J connectivity index is 1.28. The molecule has 0 spiro atoms. The monoisotopic (exact) mass is 655 g/mol. The molecule has 1 aliphatic carbocycles. The predicted octanol–water partition coefficient (Wildman–Crippen LogP) is 11.1. The van der Waals surface area contributed by atoms with Gasteiger partial charge in [-0.25, -0.2) is 4.98 Å². The molecule has 0 saturated carbocycles. The zero-order chi connectivity index (χ0) is 33.5. The molecule has 6 aromatic carbocycles. The minimum absolute atomic E-state index is 0.582. The Kier molecular flexibility index (Phi) is 5.98. The highest BCUT2D eigenvalue weighted by Crippen LogP contribution is 2.44. The van der Waals surface area contributed by atoms with E-state index in [0.717, 1.165) is 68.0 Å². The van der Waals surface area contributed by atoms with Gasteiger partial charge in [0.15, 0.2) is 11.6 Å². The number of aryl methyl sites for hydroxylation is 1. The van der Waals surface area contributed by atoms with Crippen molar-refractivity contribution in [2.24, 2.45) is 0 Å². The van der Waals surface area contributed by atoms with Gasteiger partial charge in [-0.1, -0.05) is 127 Å². The van der Waals surface area contributed by atoms with Crippen molar-refractivity contribution >= 4 is 66.4 Å². The summed E-state index contributed by atoms with van der Waals surface area (Å²) in [5.41, 5.74) is 9.63. The number of nitrogens with zero attached hydrogens (tertiary/aromatic N) is 5. The van der Waals surface area contributed by atoms with Crippen molar-refractivity contribution in [3.05, 3.63) is 157 Å². The molecular formula is C45H29N5O. The zero-order valence-corrected chi connectivity index (χ0v) is 27.5. The molecule has 0 fully saturated rings. The van der Waals surface area contributed by atoms with Gasteiger partial charge in [0.1, 0.15) is 11.3 Å². The van der Waals surface area contributed by atoms with Gasteiger partial charge < -0.3 is 8.98 Å². The Morgan fingerprint density at radius 2 is 0.980 bits per heavy atom. The molecule has 0 bridgehead atoms. The van der Waals surface area contributed by atoms with Crippen LogP contribution in [0.2, 0.25) is 0 Å². The van der Waals surface area contributed by atoms with E-state index in [4.69, 9.17) is 19.4 Å². The van der Waals surface area contributed by atoms with Crippen molar-refractivity contribution in [1.29, 1.82) is 0 Å². The SMILES string of the molecule is C1=C(n2c3ccccc3c3ccc4c5ccccc5n(-c5nc(-c6ccccc6)nc(-c6ccccc6)n5)c4c32)CCc2oc3ccccc3c21. The molecular weight excluding hydrogens is 627 g/mol. The molecule has 0 amide bonds. The molecule has 4 aromatic heterocycles. The van der Waals surface area contributed by atoms with Crippen molar-refractivity contribution in [3.63, 3.8) is 0 Å². The molecule has 51 heavy (non-hydrogen) atoms. The lowest BCUT2D eigenvalue weighted by Gasteiger charge is -2.18. The van der Waals surface area contributed by atoms with E-state index in [1.54, 1.807) is 0 Å². The maximum Gasteiger partial charge on any atom is 0.238 e. The molecule has 11 rings (SSSR count). The lowest BCUT2D eigenvalue weighted by molar-refractivity contribution is 0.546. The molecule has 6 heteroatoms. The first-order chi connectivity index (χ1) is 25.3. The molecule has 0 radical (unpaired) electrons. The van der Waals surface area contributed by atoms with E-state index in [1.165, 1.54) is 27.5 Å². The van der Waals surface area contributed by atoms with E-state index in [1.807, 2.05) is 42.5 Å². The van der Waals surface area contributed by atoms with Crippen molar-refractivity contribution in [2.75, 3.05) is 0 Å². The summed E-state index contributed by atoms with van der Waals surface area (Å²) in [4.78, 5) is 15.5. The van der Waals surface area contributed by atoms with Crippen LogP contribution in [-0.4, -0.2) is 24.1 Å². The topological polar surface area (TPSA) is 61.7 Å². The summed E-state index contributed by atoms with van der Waals surface area (Å²) in [6.07, 6.45) is 4.02. The van der Waals surface area contributed by atoms with Crippen molar-refractivity contribution in [1.82, 2.24) is 24.1 Å². The van der Waals surface area contributed by atoms with Gasteiger partial charge in [0.25, 0.3) is 0 Å². The van der Waals surface area contributed by atoms with Crippen LogP contribution in [0.4, 0.5) is 0 Å². The summed E-state index contributed by atoms with van der Waals surface area (Å²) in [7, 11) is 0. The summed E-state index contributed by atoms with van der Waals surface area (Å²) in [5, 5.41) is 5.84. The Labute approximate surface area is 292 Å².